The molecule has 0 unspecified atom stereocenters. The molecule has 3 aromatic rings. The molecule has 0 aliphatic carbocycles. The molecule has 0 saturated carbocycles. The molecule has 1 heterocycles. The fourth-order valence-corrected chi connectivity index (χ4v) is 2.50. The van der Waals surface area contributed by atoms with E-state index in [4.69, 9.17) is 14.4 Å². The Labute approximate surface area is 155 Å². The predicted molar refractivity (Wildman–Crippen MR) is 100 cm³/mol. The first-order valence-corrected chi connectivity index (χ1v) is 8.23. The fraction of sp³-hybridized carbons (Fsp3) is 0.0952. The van der Waals surface area contributed by atoms with Crippen LogP contribution in [0.5, 0.6) is 0 Å². The maximum absolute atomic E-state index is 12.4. The lowest BCUT2D eigenvalue weighted by atomic mass is 10.1. The standard InChI is InChI=1S/C21H16N2O4/c1-14(27-21(25)16(13-22)12-17-8-5-11-26-17)20(24)23-19-10-4-7-15-6-2-3-9-18(15)19/h2-12,14H,1H3,(H,23,24)/b16-12+/t14-/m0/s1. The van der Waals surface area contributed by atoms with Crippen molar-refractivity contribution in [1.82, 2.24) is 0 Å². The van der Waals surface area contributed by atoms with Crippen molar-refractivity contribution in [3.05, 3.63) is 72.2 Å². The van der Waals surface area contributed by atoms with Gasteiger partial charge in [0.2, 0.25) is 0 Å². The highest BCUT2D eigenvalue weighted by Crippen LogP contribution is 2.23. The number of amides is 1. The number of carbonyl (C=O) groups excluding carboxylic acids is 2. The summed E-state index contributed by atoms with van der Waals surface area (Å²) < 4.78 is 10.2. The second-order valence-corrected chi connectivity index (χ2v) is 5.75. The van der Waals surface area contributed by atoms with Gasteiger partial charge < -0.3 is 14.5 Å². The summed E-state index contributed by atoms with van der Waals surface area (Å²) in [5.41, 5.74) is 0.363. The first-order chi connectivity index (χ1) is 13.1. The van der Waals surface area contributed by atoms with Crippen molar-refractivity contribution in [1.29, 1.82) is 5.26 Å². The van der Waals surface area contributed by atoms with E-state index in [0.29, 0.717) is 11.4 Å². The Kier molecular flexibility index (Phi) is 5.33. The van der Waals surface area contributed by atoms with Gasteiger partial charge >= 0.3 is 5.97 Å². The van der Waals surface area contributed by atoms with E-state index in [2.05, 4.69) is 5.32 Å². The second-order valence-electron chi connectivity index (χ2n) is 5.75. The summed E-state index contributed by atoms with van der Waals surface area (Å²) in [4.78, 5) is 24.6. The van der Waals surface area contributed by atoms with Crippen LogP contribution in [-0.2, 0) is 14.3 Å². The highest BCUT2D eigenvalue weighted by Gasteiger charge is 2.21. The van der Waals surface area contributed by atoms with Crippen LogP contribution in [0.25, 0.3) is 16.8 Å². The molecule has 6 nitrogen and oxygen atoms in total. The largest absolute Gasteiger partial charge is 0.465 e. The van der Waals surface area contributed by atoms with Crippen molar-refractivity contribution in [2.75, 3.05) is 5.32 Å². The van der Waals surface area contributed by atoms with Gasteiger partial charge in [0.15, 0.2) is 6.10 Å². The van der Waals surface area contributed by atoms with Gasteiger partial charge in [-0.05, 0) is 30.5 Å². The minimum atomic E-state index is -1.08. The molecule has 3 rings (SSSR count). The molecular weight excluding hydrogens is 344 g/mol. The van der Waals surface area contributed by atoms with E-state index in [9.17, 15) is 9.59 Å². The molecule has 1 amide bonds. The topological polar surface area (TPSA) is 92.3 Å². The Morgan fingerprint density at radius 1 is 1.15 bits per heavy atom. The van der Waals surface area contributed by atoms with Crippen molar-refractivity contribution in [3.8, 4) is 6.07 Å². The summed E-state index contributed by atoms with van der Waals surface area (Å²) in [5, 5.41) is 13.8. The number of benzene rings is 2. The first-order valence-electron chi connectivity index (χ1n) is 8.23. The van der Waals surface area contributed by atoms with Crippen LogP contribution in [0, 0.1) is 11.3 Å². The van der Waals surface area contributed by atoms with Crippen LogP contribution in [0.15, 0.2) is 70.9 Å². The third-order valence-corrected chi connectivity index (χ3v) is 3.87. The summed E-state index contributed by atoms with van der Waals surface area (Å²) in [5.74, 6) is -1.04. The average Bonchev–Trinajstić information content (AvgIpc) is 3.19. The average molecular weight is 360 g/mol. The van der Waals surface area contributed by atoms with E-state index in [-0.39, 0.29) is 5.57 Å². The molecular formula is C21H16N2O4. The van der Waals surface area contributed by atoms with Crippen LogP contribution in [0.1, 0.15) is 12.7 Å². The molecule has 0 saturated heterocycles. The number of anilines is 1. The summed E-state index contributed by atoms with van der Waals surface area (Å²) in [7, 11) is 0. The van der Waals surface area contributed by atoms with Gasteiger partial charge in [-0.3, -0.25) is 4.79 Å². The number of nitrogens with zero attached hydrogens (tertiary/aromatic N) is 1. The lowest BCUT2D eigenvalue weighted by molar-refractivity contribution is -0.148. The van der Waals surface area contributed by atoms with Crippen molar-refractivity contribution in [2.45, 2.75) is 13.0 Å². The van der Waals surface area contributed by atoms with E-state index < -0.39 is 18.0 Å². The number of rotatable bonds is 5. The molecule has 0 fully saturated rings. The van der Waals surface area contributed by atoms with Crippen LogP contribution < -0.4 is 5.32 Å². The zero-order valence-corrected chi connectivity index (χ0v) is 14.5. The zero-order chi connectivity index (χ0) is 19.2. The van der Waals surface area contributed by atoms with E-state index >= 15 is 0 Å². The molecule has 1 aromatic heterocycles. The Bertz CT molecular complexity index is 1040. The fourth-order valence-electron chi connectivity index (χ4n) is 2.50. The van der Waals surface area contributed by atoms with Crippen LogP contribution >= 0.6 is 0 Å². The van der Waals surface area contributed by atoms with Gasteiger partial charge in [-0.15, -0.1) is 0 Å². The molecule has 6 heteroatoms. The lowest BCUT2D eigenvalue weighted by Crippen LogP contribution is -2.30. The molecule has 1 N–H and O–H groups in total. The van der Waals surface area contributed by atoms with E-state index in [1.54, 1.807) is 24.3 Å². The van der Waals surface area contributed by atoms with Gasteiger partial charge in [0.1, 0.15) is 17.4 Å². The van der Waals surface area contributed by atoms with Crippen molar-refractivity contribution in [2.24, 2.45) is 0 Å². The quantitative estimate of drug-likeness (QED) is 0.423. The van der Waals surface area contributed by atoms with Gasteiger partial charge in [0.05, 0.1) is 6.26 Å². The maximum Gasteiger partial charge on any atom is 0.349 e. The van der Waals surface area contributed by atoms with Gasteiger partial charge in [-0.25, -0.2) is 4.79 Å². The number of hydrogen-bond acceptors (Lipinski definition) is 5. The monoisotopic (exact) mass is 360 g/mol. The molecule has 0 aliphatic rings. The Balaban J connectivity index is 1.70. The predicted octanol–water partition coefficient (Wildman–Crippen LogP) is 3.91. The van der Waals surface area contributed by atoms with E-state index in [1.165, 1.54) is 19.3 Å². The highest BCUT2D eigenvalue weighted by atomic mass is 16.5. The minimum absolute atomic E-state index is 0.255. The zero-order valence-electron chi connectivity index (χ0n) is 14.5. The molecule has 27 heavy (non-hydrogen) atoms. The molecule has 0 bridgehead atoms. The first kappa shape index (κ1) is 18.0. The number of esters is 1. The number of nitriles is 1. The summed E-state index contributed by atoms with van der Waals surface area (Å²) in [6.45, 7) is 1.44. The molecule has 134 valence electrons. The van der Waals surface area contributed by atoms with Crippen LogP contribution in [-0.4, -0.2) is 18.0 Å². The molecule has 2 aromatic carbocycles. The SMILES string of the molecule is C[C@H](OC(=O)/C(C#N)=C/c1ccco1)C(=O)Nc1cccc2ccccc12. The molecule has 0 radical (unpaired) electrons. The Morgan fingerprint density at radius 2 is 1.93 bits per heavy atom. The summed E-state index contributed by atoms with van der Waals surface area (Å²) in [6, 6.07) is 18.1. The third-order valence-electron chi connectivity index (χ3n) is 3.87. The Hall–Kier alpha value is -3.85. The van der Waals surface area contributed by atoms with E-state index in [0.717, 1.165) is 10.8 Å². The lowest BCUT2D eigenvalue weighted by Gasteiger charge is -2.14. The Morgan fingerprint density at radius 3 is 2.67 bits per heavy atom. The number of ether oxygens (including phenoxy) is 1. The van der Waals surface area contributed by atoms with Gasteiger partial charge in [0.25, 0.3) is 5.91 Å². The summed E-state index contributed by atoms with van der Waals surface area (Å²) in [6.07, 6.45) is 1.61. The van der Waals surface area contributed by atoms with Crippen molar-refractivity contribution in [3.63, 3.8) is 0 Å². The summed E-state index contributed by atoms with van der Waals surface area (Å²) >= 11 is 0. The van der Waals surface area contributed by atoms with Gasteiger partial charge in [-0.2, -0.15) is 5.26 Å². The highest BCUT2D eigenvalue weighted by molar-refractivity contribution is 6.05. The van der Waals surface area contributed by atoms with Crippen LogP contribution in [0.4, 0.5) is 5.69 Å². The van der Waals surface area contributed by atoms with Crippen molar-refractivity contribution < 1.29 is 18.7 Å². The van der Waals surface area contributed by atoms with Crippen LogP contribution in [0.3, 0.4) is 0 Å². The molecule has 1 atom stereocenters. The van der Waals surface area contributed by atoms with Gasteiger partial charge in [0, 0.05) is 17.1 Å². The third kappa shape index (κ3) is 4.22. The van der Waals surface area contributed by atoms with Crippen LogP contribution in [0.2, 0.25) is 0 Å². The number of furan rings is 1. The molecule has 0 aliphatic heterocycles. The van der Waals surface area contributed by atoms with E-state index in [1.807, 2.05) is 36.4 Å². The smallest absolute Gasteiger partial charge is 0.349 e. The number of fused-ring (bicyclic) bond motifs is 1. The number of hydrogen-bond donors (Lipinski definition) is 1. The maximum atomic E-state index is 12.4. The number of nitrogens with one attached hydrogen (secondary N) is 1. The molecule has 0 spiro atoms. The normalized spacial score (nSPS) is 12.2. The minimum Gasteiger partial charge on any atom is -0.465 e. The number of carbonyl (C=O) groups is 2. The van der Waals surface area contributed by atoms with Gasteiger partial charge in [-0.1, -0.05) is 36.4 Å². The van der Waals surface area contributed by atoms with Crippen molar-refractivity contribution >= 4 is 34.4 Å². The second kappa shape index (κ2) is 8.02.